The maximum Gasteiger partial charge on any atom is 0.283 e. The molecule has 1 N–H and O–H groups in total. The number of nitro benzene ring substituents is 1. The van der Waals surface area contributed by atoms with Gasteiger partial charge in [0.1, 0.15) is 0 Å². The number of hydrazone groups is 1. The number of rotatable bonds is 5. The fourth-order valence-corrected chi connectivity index (χ4v) is 2.59. The lowest BCUT2D eigenvalue weighted by molar-refractivity contribution is -0.385. The van der Waals surface area contributed by atoms with Crippen molar-refractivity contribution in [2.45, 2.75) is 6.92 Å². The Hall–Kier alpha value is -3.14. The second-order valence-electron chi connectivity index (χ2n) is 4.35. The number of aryl methyl sites for hydroxylation is 1. The average Bonchev–Trinajstić information content (AvgIpc) is 2.88. The zero-order valence-electron chi connectivity index (χ0n) is 11.8. The van der Waals surface area contributed by atoms with Crippen molar-refractivity contribution in [3.8, 4) is 0 Å². The van der Waals surface area contributed by atoms with E-state index in [0.717, 1.165) is 17.4 Å². The van der Waals surface area contributed by atoms with Gasteiger partial charge in [-0.1, -0.05) is 6.07 Å². The van der Waals surface area contributed by atoms with Crippen LogP contribution in [0.2, 0.25) is 0 Å². The second-order valence-corrected chi connectivity index (χ2v) is 5.64. The van der Waals surface area contributed by atoms with Crippen molar-refractivity contribution in [1.82, 2.24) is 5.43 Å². The van der Waals surface area contributed by atoms with Gasteiger partial charge in [-0.2, -0.15) is 5.10 Å². The van der Waals surface area contributed by atoms with E-state index in [2.05, 4.69) is 10.5 Å². The van der Waals surface area contributed by atoms with Gasteiger partial charge < -0.3 is 0 Å². The van der Waals surface area contributed by atoms with Crippen LogP contribution >= 0.6 is 11.3 Å². The fraction of sp³-hybridized carbons (Fsp3) is 0.0769. The van der Waals surface area contributed by atoms with Gasteiger partial charge in [0.2, 0.25) is 0 Å². The zero-order chi connectivity index (χ0) is 17.0. The maximum absolute atomic E-state index is 11.8. The Kier molecular flexibility index (Phi) is 4.76. The first-order valence-electron chi connectivity index (χ1n) is 6.21. The van der Waals surface area contributed by atoms with E-state index in [4.69, 9.17) is 0 Å². The number of nitrogens with one attached hydrogen (secondary N) is 1. The van der Waals surface area contributed by atoms with E-state index in [-0.39, 0.29) is 16.9 Å². The summed E-state index contributed by atoms with van der Waals surface area (Å²) in [6, 6.07) is 6.56. The van der Waals surface area contributed by atoms with E-state index in [1.165, 1.54) is 30.5 Å². The van der Waals surface area contributed by atoms with Gasteiger partial charge in [0.05, 0.1) is 25.8 Å². The summed E-state index contributed by atoms with van der Waals surface area (Å²) in [6.45, 7) is 1.61. The highest BCUT2D eigenvalue weighted by molar-refractivity contribution is 7.14. The number of benzene rings is 1. The summed E-state index contributed by atoms with van der Waals surface area (Å²) in [7, 11) is 0. The lowest BCUT2D eigenvalue weighted by Gasteiger charge is -1.99. The largest absolute Gasteiger partial charge is 0.283 e. The van der Waals surface area contributed by atoms with Crippen molar-refractivity contribution in [3.05, 3.63) is 65.9 Å². The van der Waals surface area contributed by atoms with E-state index in [1.54, 1.807) is 6.92 Å². The summed E-state index contributed by atoms with van der Waals surface area (Å²) in [5.74, 6) is -0.618. The van der Waals surface area contributed by atoms with Crippen LogP contribution in [0.15, 0.2) is 35.4 Å². The topological polar surface area (TPSA) is 128 Å². The van der Waals surface area contributed by atoms with Crippen molar-refractivity contribution >= 4 is 34.8 Å². The van der Waals surface area contributed by atoms with Crippen LogP contribution in [-0.2, 0) is 0 Å². The number of carbonyl (C=O) groups is 1. The smallest absolute Gasteiger partial charge is 0.267 e. The van der Waals surface area contributed by atoms with Gasteiger partial charge in [-0.3, -0.25) is 25.0 Å². The standard InChI is InChI=1S/C13H10N4O5S/c1-8-12(17(21)22)6-11(23-8)7-14-15-13(18)9-3-2-4-10(5-9)16(19)20/h2-7H,1H3,(H,15,18)/b14-7+. The molecule has 1 aromatic carbocycles. The van der Waals surface area contributed by atoms with Crippen molar-refractivity contribution in [2.75, 3.05) is 0 Å². The van der Waals surface area contributed by atoms with Gasteiger partial charge in [-0.05, 0) is 13.0 Å². The van der Waals surface area contributed by atoms with E-state index < -0.39 is 15.8 Å². The number of thiophene rings is 1. The maximum atomic E-state index is 11.8. The van der Waals surface area contributed by atoms with Crippen LogP contribution in [0.3, 0.4) is 0 Å². The number of non-ortho nitro benzene ring substituents is 1. The first-order chi connectivity index (χ1) is 10.9. The summed E-state index contributed by atoms with van der Waals surface area (Å²) in [4.78, 5) is 33.2. The first-order valence-corrected chi connectivity index (χ1v) is 7.03. The molecule has 2 aromatic rings. The number of nitrogens with zero attached hydrogens (tertiary/aromatic N) is 3. The molecule has 0 aliphatic heterocycles. The highest BCUT2D eigenvalue weighted by atomic mass is 32.1. The molecule has 0 fully saturated rings. The van der Waals surface area contributed by atoms with Crippen LogP contribution in [0.1, 0.15) is 20.1 Å². The average molecular weight is 334 g/mol. The number of carbonyl (C=O) groups excluding carboxylic acids is 1. The molecule has 118 valence electrons. The van der Waals surface area contributed by atoms with Crippen molar-refractivity contribution in [1.29, 1.82) is 0 Å². The fourth-order valence-electron chi connectivity index (χ4n) is 1.72. The molecule has 9 nitrogen and oxygen atoms in total. The van der Waals surface area contributed by atoms with Crippen LogP contribution in [0.5, 0.6) is 0 Å². The normalized spacial score (nSPS) is 10.7. The molecule has 0 bridgehead atoms. The Morgan fingerprint density at radius 2 is 2.00 bits per heavy atom. The lowest BCUT2D eigenvalue weighted by atomic mass is 10.2. The molecule has 10 heteroatoms. The first kappa shape index (κ1) is 16.2. The number of hydrogen-bond donors (Lipinski definition) is 1. The molecule has 1 heterocycles. The third-order valence-electron chi connectivity index (χ3n) is 2.78. The van der Waals surface area contributed by atoms with Gasteiger partial charge in [0.25, 0.3) is 17.3 Å². The molecule has 2 rings (SSSR count). The summed E-state index contributed by atoms with van der Waals surface area (Å²) >= 11 is 1.16. The Balaban J connectivity index is 2.07. The molecular weight excluding hydrogens is 324 g/mol. The molecule has 0 aliphatic rings. The summed E-state index contributed by atoms with van der Waals surface area (Å²) in [5, 5.41) is 25.1. The molecule has 0 unspecified atom stereocenters. The molecule has 0 spiro atoms. The Morgan fingerprint density at radius 1 is 1.26 bits per heavy atom. The Morgan fingerprint density at radius 3 is 2.61 bits per heavy atom. The number of amides is 1. The SMILES string of the molecule is Cc1sc(/C=N/NC(=O)c2cccc([N+](=O)[O-])c2)cc1[N+](=O)[O-]. The molecular formula is C13H10N4O5S. The minimum Gasteiger partial charge on any atom is -0.267 e. The predicted molar refractivity (Wildman–Crippen MR) is 83.9 cm³/mol. The quantitative estimate of drug-likeness (QED) is 0.510. The molecule has 23 heavy (non-hydrogen) atoms. The zero-order valence-corrected chi connectivity index (χ0v) is 12.6. The lowest BCUT2D eigenvalue weighted by Crippen LogP contribution is -2.17. The summed E-state index contributed by atoms with van der Waals surface area (Å²) in [5.41, 5.74) is 2.09. The highest BCUT2D eigenvalue weighted by Crippen LogP contribution is 2.26. The molecule has 0 saturated carbocycles. The van der Waals surface area contributed by atoms with Crippen molar-refractivity contribution in [2.24, 2.45) is 5.10 Å². The molecule has 0 saturated heterocycles. The third kappa shape index (κ3) is 3.95. The van der Waals surface area contributed by atoms with Crippen LogP contribution in [-0.4, -0.2) is 22.0 Å². The molecule has 0 radical (unpaired) electrons. The van der Waals surface area contributed by atoms with Crippen LogP contribution < -0.4 is 5.43 Å². The summed E-state index contributed by atoms with van der Waals surface area (Å²) in [6.07, 6.45) is 1.28. The Bertz CT molecular complexity index is 814. The third-order valence-corrected chi connectivity index (χ3v) is 3.76. The van der Waals surface area contributed by atoms with Gasteiger partial charge in [-0.25, -0.2) is 5.43 Å². The summed E-state index contributed by atoms with van der Waals surface area (Å²) < 4.78 is 0. The van der Waals surface area contributed by atoms with E-state index >= 15 is 0 Å². The van der Waals surface area contributed by atoms with Gasteiger partial charge in [0, 0.05) is 23.8 Å². The van der Waals surface area contributed by atoms with E-state index in [9.17, 15) is 25.0 Å². The van der Waals surface area contributed by atoms with Gasteiger partial charge in [0.15, 0.2) is 0 Å². The minimum atomic E-state index is -0.618. The van der Waals surface area contributed by atoms with Gasteiger partial charge >= 0.3 is 0 Å². The van der Waals surface area contributed by atoms with Crippen LogP contribution in [0.25, 0.3) is 0 Å². The van der Waals surface area contributed by atoms with Crippen LogP contribution in [0, 0.1) is 27.2 Å². The molecule has 1 amide bonds. The predicted octanol–water partition coefficient (Wildman–Crippen LogP) is 2.64. The number of hydrogen-bond acceptors (Lipinski definition) is 7. The van der Waals surface area contributed by atoms with Crippen molar-refractivity contribution < 1.29 is 14.6 Å². The van der Waals surface area contributed by atoms with E-state index in [0.29, 0.717) is 9.75 Å². The molecule has 1 aromatic heterocycles. The molecule has 0 atom stereocenters. The van der Waals surface area contributed by atoms with Crippen molar-refractivity contribution in [3.63, 3.8) is 0 Å². The molecule has 0 aliphatic carbocycles. The monoisotopic (exact) mass is 334 g/mol. The van der Waals surface area contributed by atoms with Crippen LogP contribution in [0.4, 0.5) is 11.4 Å². The van der Waals surface area contributed by atoms with E-state index in [1.807, 2.05) is 0 Å². The minimum absolute atomic E-state index is 0.0125. The van der Waals surface area contributed by atoms with Gasteiger partial charge in [-0.15, -0.1) is 11.3 Å². The Labute approximate surface area is 133 Å². The second kappa shape index (κ2) is 6.75. The highest BCUT2D eigenvalue weighted by Gasteiger charge is 2.14. The number of nitro groups is 2.